The lowest BCUT2D eigenvalue weighted by Crippen LogP contribution is -2.41. The van der Waals surface area contributed by atoms with Crippen LogP contribution in [0.15, 0.2) is 11.0 Å². The second kappa shape index (κ2) is 6.41. The standard InChI is InChI=1S/C17H22N2O4S2/c1-10-7-11(2)13(4)16(12(10)3)25(22,23)18-6-5-14(8-18)19-15(20)9-24-17(19)21/h7,14H,5-6,8-9H2,1-4H3. The average Bonchev–Trinajstić information content (AvgIpc) is 3.12. The predicted octanol–water partition coefficient (Wildman–Crippen LogP) is 2.38. The lowest BCUT2D eigenvalue weighted by atomic mass is 10.0. The molecule has 8 heteroatoms. The molecule has 2 saturated heterocycles. The van der Waals surface area contributed by atoms with E-state index in [1.54, 1.807) is 0 Å². The minimum absolute atomic E-state index is 0.150. The number of amides is 2. The quantitative estimate of drug-likeness (QED) is 0.802. The third kappa shape index (κ3) is 3.00. The van der Waals surface area contributed by atoms with Crippen molar-refractivity contribution in [1.29, 1.82) is 0 Å². The van der Waals surface area contributed by atoms with Crippen LogP contribution in [0.3, 0.4) is 0 Å². The zero-order chi connectivity index (χ0) is 18.5. The molecule has 2 amide bonds. The van der Waals surface area contributed by atoms with E-state index in [0.717, 1.165) is 34.0 Å². The average molecular weight is 383 g/mol. The van der Waals surface area contributed by atoms with Crippen molar-refractivity contribution in [2.45, 2.75) is 45.1 Å². The van der Waals surface area contributed by atoms with Gasteiger partial charge in [0, 0.05) is 13.1 Å². The number of imide groups is 1. The van der Waals surface area contributed by atoms with Crippen LogP contribution < -0.4 is 0 Å². The van der Waals surface area contributed by atoms with Gasteiger partial charge in [0.2, 0.25) is 15.9 Å². The van der Waals surface area contributed by atoms with Crippen molar-refractivity contribution >= 4 is 32.9 Å². The molecule has 2 aliphatic rings. The fourth-order valence-electron chi connectivity index (χ4n) is 3.55. The molecule has 0 aliphatic carbocycles. The molecular formula is C17H22N2O4S2. The Labute approximate surface area is 152 Å². The fourth-order valence-corrected chi connectivity index (χ4v) is 6.40. The Hall–Kier alpha value is -1.38. The minimum Gasteiger partial charge on any atom is -0.273 e. The summed E-state index contributed by atoms with van der Waals surface area (Å²) in [6, 6.07) is 1.63. The third-order valence-electron chi connectivity index (χ3n) is 5.17. The topological polar surface area (TPSA) is 74.8 Å². The van der Waals surface area contributed by atoms with Gasteiger partial charge in [-0.2, -0.15) is 4.31 Å². The van der Waals surface area contributed by atoms with Crippen LogP contribution >= 0.6 is 11.8 Å². The first-order valence-electron chi connectivity index (χ1n) is 8.21. The highest BCUT2D eigenvalue weighted by Crippen LogP contribution is 2.33. The molecule has 0 N–H and O–H groups in total. The number of carbonyl (C=O) groups is 2. The lowest BCUT2D eigenvalue weighted by molar-refractivity contribution is -0.126. The molecule has 1 atom stereocenters. The van der Waals surface area contributed by atoms with Crippen LogP contribution in [0.2, 0.25) is 0 Å². The number of thioether (sulfide) groups is 1. The zero-order valence-corrected chi connectivity index (χ0v) is 16.5. The Morgan fingerprint density at radius 1 is 1.08 bits per heavy atom. The number of aryl methyl sites for hydroxylation is 2. The molecule has 1 aromatic rings. The molecule has 3 rings (SSSR count). The highest BCUT2D eigenvalue weighted by Gasteiger charge is 2.42. The van der Waals surface area contributed by atoms with Crippen molar-refractivity contribution in [3.63, 3.8) is 0 Å². The molecule has 0 saturated carbocycles. The first-order chi connectivity index (χ1) is 11.6. The number of nitrogens with zero attached hydrogens (tertiary/aromatic N) is 2. The molecule has 6 nitrogen and oxygen atoms in total. The predicted molar refractivity (Wildman–Crippen MR) is 97.3 cm³/mol. The summed E-state index contributed by atoms with van der Waals surface area (Å²) >= 11 is 0.984. The van der Waals surface area contributed by atoms with E-state index in [1.807, 2.05) is 33.8 Å². The van der Waals surface area contributed by atoms with Gasteiger partial charge in [-0.15, -0.1) is 0 Å². The molecule has 2 heterocycles. The van der Waals surface area contributed by atoms with Crippen molar-refractivity contribution < 1.29 is 18.0 Å². The molecule has 0 radical (unpaired) electrons. The van der Waals surface area contributed by atoms with Gasteiger partial charge in [-0.25, -0.2) is 8.42 Å². The van der Waals surface area contributed by atoms with Gasteiger partial charge >= 0.3 is 0 Å². The van der Waals surface area contributed by atoms with Crippen molar-refractivity contribution in [2.75, 3.05) is 18.8 Å². The van der Waals surface area contributed by atoms with Crippen LogP contribution in [0.4, 0.5) is 4.79 Å². The summed E-state index contributed by atoms with van der Waals surface area (Å²) in [5.41, 5.74) is 3.41. The maximum absolute atomic E-state index is 13.2. The van der Waals surface area contributed by atoms with Crippen molar-refractivity contribution in [1.82, 2.24) is 9.21 Å². The van der Waals surface area contributed by atoms with Gasteiger partial charge in [0.25, 0.3) is 5.24 Å². The van der Waals surface area contributed by atoms with Gasteiger partial charge in [-0.3, -0.25) is 14.5 Å². The molecule has 1 aromatic carbocycles. The van der Waals surface area contributed by atoms with E-state index in [4.69, 9.17) is 0 Å². The normalized spacial score (nSPS) is 22.2. The number of sulfonamides is 1. The lowest BCUT2D eigenvalue weighted by Gasteiger charge is -2.23. The minimum atomic E-state index is -3.67. The number of hydrogen-bond donors (Lipinski definition) is 0. The van der Waals surface area contributed by atoms with Crippen LogP contribution in [0.5, 0.6) is 0 Å². The molecule has 1 unspecified atom stereocenters. The summed E-state index contributed by atoms with van der Waals surface area (Å²) in [4.78, 5) is 25.4. The van der Waals surface area contributed by atoms with E-state index in [0.29, 0.717) is 17.9 Å². The van der Waals surface area contributed by atoms with Crippen LogP contribution in [0.1, 0.15) is 28.7 Å². The molecule has 2 aliphatic heterocycles. The molecule has 136 valence electrons. The number of hydrogen-bond acceptors (Lipinski definition) is 5. The zero-order valence-electron chi connectivity index (χ0n) is 14.8. The molecule has 25 heavy (non-hydrogen) atoms. The highest BCUT2D eigenvalue weighted by molar-refractivity contribution is 8.14. The Bertz CT molecular complexity index is 822. The van der Waals surface area contributed by atoms with Crippen molar-refractivity contribution in [3.05, 3.63) is 28.3 Å². The van der Waals surface area contributed by atoms with Crippen LogP contribution in [-0.4, -0.2) is 53.7 Å². The van der Waals surface area contributed by atoms with Gasteiger partial charge in [-0.05, 0) is 56.4 Å². The van der Waals surface area contributed by atoms with Gasteiger partial charge in [0.05, 0.1) is 16.7 Å². The van der Waals surface area contributed by atoms with Crippen LogP contribution in [-0.2, 0) is 14.8 Å². The van der Waals surface area contributed by atoms with E-state index in [9.17, 15) is 18.0 Å². The second-order valence-corrected chi connectivity index (χ2v) is 9.51. The first-order valence-corrected chi connectivity index (χ1v) is 10.6. The fraction of sp³-hybridized carbons (Fsp3) is 0.529. The first kappa shape index (κ1) is 18.4. The van der Waals surface area contributed by atoms with Crippen LogP contribution in [0, 0.1) is 27.7 Å². The van der Waals surface area contributed by atoms with Crippen LogP contribution in [0.25, 0.3) is 0 Å². The maximum atomic E-state index is 13.2. The van der Waals surface area contributed by atoms with Gasteiger partial charge in [-0.1, -0.05) is 17.8 Å². The summed E-state index contributed by atoms with van der Waals surface area (Å²) in [5, 5.41) is -0.270. The summed E-state index contributed by atoms with van der Waals surface area (Å²) in [6.45, 7) is 7.96. The van der Waals surface area contributed by atoms with E-state index >= 15 is 0 Å². The molecular weight excluding hydrogens is 360 g/mol. The summed E-state index contributed by atoms with van der Waals surface area (Å²) in [7, 11) is -3.67. The van der Waals surface area contributed by atoms with E-state index in [2.05, 4.69) is 0 Å². The number of benzene rings is 1. The number of carbonyl (C=O) groups excluding carboxylic acids is 2. The van der Waals surface area contributed by atoms with Crippen molar-refractivity contribution in [3.8, 4) is 0 Å². The third-order valence-corrected chi connectivity index (χ3v) is 8.15. The molecule has 0 aromatic heterocycles. The second-order valence-electron chi connectivity index (χ2n) is 6.71. The molecule has 0 spiro atoms. The Morgan fingerprint density at radius 3 is 2.20 bits per heavy atom. The highest BCUT2D eigenvalue weighted by atomic mass is 32.2. The summed E-state index contributed by atoms with van der Waals surface area (Å²) in [6.07, 6.45) is 0.486. The Morgan fingerprint density at radius 2 is 1.68 bits per heavy atom. The summed E-state index contributed by atoms with van der Waals surface area (Å²) in [5.74, 6) is -0.0739. The summed E-state index contributed by atoms with van der Waals surface area (Å²) < 4.78 is 27.9. The van der Waals surface area contributed by atoms with Gasteiger partial charge in [0.1, 0.15) is 0 Å². The van der Waals surface area contributed by atoms with E-state index in [1.165, 1.54) is 9.21 Å². The van der Waals surface area contributed by atoms with E-state index in [-0.39, 0.29) is 29.5 Å². The molecule has 2 fully saturated rings. The Balaban J connectivity index is 1.93. The maximum Gasteiger partial charge on any atom is 0.289 e. The number of rotatable bonds is 3. The molecule has 0 bridgehead atoms. The van der Waals surface area contributed by atoms with Gasteiger partial charge in [0.15, 0.2) is 0 Å². The van der Waals surface area contributed by atoms with Crippen molar-refractivity contribution in [2.24, 2.45) is 0 Å². The monoisotopic (exact) mass is 382 g/mol. The SMILES string of the molecule is Cc1cc(C)c(C)c(S(=O)(=O)N2CCC(N3C(=O)CSC3=O)C2)c1C. The smallest absolute Gasteiger partial charge is 0.273 e. The van der Waals surface area contributed by atoms with Gasteiger partial charge < -0.3 is 0 Å². The Kier molecular flexibility index (Phi) is 4.72. The van der Waals surface area contributed by atoms with E-state index < -0.39 is 10.0 Å². The largest absolute Gasteiger partial charge is 0.289 e.